The first-order chi connectivity index (χ1) is 10.1. The van der Waals surface area contributed by atoms with Gasteiger partial charge in [0.05, 0.1) is 22.7 Å². The summed E-state index contributed by atoms with van der Waals surface area (Å²) in [6.07, 6.45) is 0.255. The Morgan fingerprint density at radius 1 is 1.38 bits per heavy atom. The molecule has 8 heteroatoms. The van der Waals surface area contributed by atoms with Crippen molar-refractivity contribution >= 4 is 46.3 Å². The second-order valence-corrected chi connectivity index (χ2v) is 7.01. The van der Waals surface area contributed by atoms with Crippen LogP contribution in [-0.2, 0) is 16.0 Å². The molecule has 0 saturated carbocycles. The lowest BCUT2D eigenvalue weighted by Gasteiger charge is -2.02. The van der Waals surface area contributed by atoms with E-state index >= 15 is 0 Å². The van der Waals surface area contributed by atoms with Crippen LogP contribution in [0.4, 0.5) is 0 Å². The predicted molar refractivity (Wildman–Crippen MR) is 87.1 cm³/mol. The van der Waals surface area contributed by atoms with Gasteiger partial charge >= 0.3 is 5.97 Å². The Hall–Kier alpha value is -1.38. The second-order valence-electron chi connectivity index (χ2n) is 4.09. The minimum Gasteiger partial charge on any atom is -0.481 e. The largest absolute Gasteiger partial charge is 0.481 e. The van der Waals surface area contributed by atoms with Crippen molar-refractivity contribution in [3.05, 3.63) is 28.6 Å². The zero-order chi connectivity index (χ0) is 15.1. The number of thioether (sulfide) groups is 1. The van der Waals surface area contributed by atoms with Crippen molar-refractivity contribution in [2.45, 2.75) is 6.42 Å². The van der Waals surface area contributed by atoms with Crippen LogP contribution >= 0.6 is 34.4 Å². The quantitative estimate of drug-likeness (QED) is 0.720. The molecule has 2 heterocycles. The Kier molecular flexibility index (Phi) is 6.21. The SMILES string of the molecule is O=C(O)CSCCNC(=O)Cc1csc(-c2cccs2)n1. The third-order valence-electron chi connectivity index (χ3n) is 2.42. The van der Waals surface area contributed by atoms with Gasteiger partial charge in [-0.1, -0.05) is 6.07 Å². The number of aromatic nitrogens is 1. The normalized spacial score (nSPS) is 10.5. The third-order valence-corrected chi connectivity index (χ3v) is 5.29. The number of thiazole rings is 1. The van der Waals surface area contributed by atoms with E-state index in [1.807, 2.05) is 22.9 Å². The van der Waals surface area contributed by atoms with E-state index in [1.165, 1.54) is 23.1 Å². The molecular formula is C13H14N2O3S3. The topological polar surface area (TPSA) is 79.3 Å². The van der Waals surface area contributed by atoms with Gasteiger partial charge in [0.15, 0.2) is 0 Å². The van der Waals surface area contributed by atoms with Crippen molar-refractivity contribution in [3.8, 4) is 9.88 Å². The Bertz CT molecular complexity index is 596. The first-order valence-electron chi connectivity index (χ1n) is 6.19. The van der Waals surface area contributed by atoms with Gasteiger partial charge in [0.1, 0.15) is 5.01 Å². The summed E-state index contributed by atoms with van der Waals surface area (Å²) in [5.41, 5.74) is 0.763. The zero-order valence-electron chi connectivity index (χ0n) is 11.1. The number of amides is 1. The monoisotopic (exact) mass is 342 g/mol. The lowest BCUT2D eigenvalue weighted by atomic mass is 10.3. The Morgan fingerprint density at radius 3 is 2.95 bits per heavy atom. The summed E-state index contributed by atoms with van der Waals surface area (Å²) in [4.78, 5) is 27.6. The van der Waals surface area contributed by atoms with Crippen LogP contribution in [0.5, 0.6) is 0 Å². The molecule has 2 N–H and O–H groups in total. The number of hydrogen-bond donors (Lipinski definition) is 2. The number of carbonyl (C=O) groups is 2. The van der Waals surface area contributed by atoms with Gasteiger partial charge in [0.2, 0.25) is 5.91 Å². The number of carboxylic acids is 1. The average molecular weight is 342 g/mol. The van der Waals surface area contributed by atoms with E-state index in [1.54, 1.807) is 11.3 Å². The van der Waals surface area contributed by atoms with E-state index in [4.69, 9.17) is 5.11 Å². The summed E-state index contributed by atoms with van der Waals surface area (Å²) < 4.78 is 0. The number of carboxylic acid groups (broad SMARTS) is 1. The predicted octanol–water partition coefficient (Wildman–Crippen LogP) is 2.35. The van der Waals surface area contributed by atoms with Crippen LogP contribution in [0.15, 0.2) is 22.9 Å². The van der Waals surface area contributed by atoms with Gasteiger partial charge in [-0.2, -0.15) is 0 Å². The van der Waals surface area contributed by atoms with Crippen LogP contribution in [-0.4, -0.2) is 40.0 Å². The molecule has 0 saturated heterocycles. The lowest BCUT2D eigenvalue weighted by molar-refractivity contribution is -0.133. The van der Waals surface area contributed by atoms with E-state index in [0.717, 1.165) is 15.6 Å². The molecule has 1 amide bonds. The van der Waals surface area contributed by atoms with Crippen LogP contribution < -0.4 is 5.32 Å². The minimum atomic E-state index is -0.838. The number of nitrogens with one attached hydrogen (secondary N) is 1. The maximum absolute atomic E-state index is 11.7. The highest BCUT2D eigenvalue weighted by Crippen LogP contribution is 2.27. The van der Waals surface area contributed by atoms with E-state index in [-0.39, 0.29) is 18.1 Å². The maximum Gasteiger partial charge on any atom is 0.313 e. The molecule has 0 bridgehead atoms. The highest BCUT2D eigenvalue weighted by atomic mass is 32.2. The number of carbonyl (C=O) groups excluding carboxylic acids is 1. The molecule has 112 valence electrons. The van der Waals surface area contributed by atoms with Gasteiger partial charge in [0.25, 0.3) is 0 Å². The van der Waals surface area contributed by atoms with Gasteiger partial charge in [-0.05, 0) is 11.4 Å². The molecule has 0 atom stereocenters. The first-order valence-corrected chi connectivity index (χ1v) is 9.11. The summed E-state index contributed by atoms with van der Waals surface area (Å²) in [7, 11) is 0. The Labute approximate surface area is 134 Å². The van der Waals surface area contributed by atoms with Gasteiger partial charge in [-0.15, -0.1) is 34.4 Å². The summed E-state index contributed by atoms with van der Waals surface area (Å²) in [5, 5.41) is 16.1. The Balaban J connectivity index is 1.72. The fraction of sp³-hybridized carbons (Fsp3) is 0.308. The molecule has 0 aliphatic rings. The molecule has 0 aliphatic heterocycles. The van der Waals surface area contributed by atoms with E-state index in [9.17, 15) is 9.59 Å². The fourth-order valence-electron chi connectivity index (χ4n) is 1.55. The van der Waals surface area contributed by atoms with Crippen molar-refractivity contribution in [3.63, 3.8) is 0 Å². The average Bonchev–Trinajstić information content (AvgIpc) is 3.08. The van der Waals surface area contributed by atoms with Crippen molar-refractivity contribution in [1.29, 1.82) is 0 Å². The molecular weight excluding hydrogens is 328 g/mol. The maximum atomic E-state index is 11.7. The zero-order valence-corrected chi connectivity index (χ0v) is 13.5. The van der Waals surface area contributed by atoms with Crippen LogP contribution in [0.3, 0.4) is 0 Å². The van der Waals surface area contributed by atoms with Crippen molar-refractivity contribution < 1.29 is 14.7 Å². The van der Waals surface area contributed by atoms with Crippen molar-refractivity contribution in [1.82, 2.24) is 10.3 Å². The molecule has 2 aromatic rings. The van der Waals surface area contributed by atoms with Gasteiger partial charge in [-0.25, -0.2) is 4.98 Å². The molecule has 0 spiro atoms. The highest BCUT2D eigenvalue weighted by molar-refractivity contribution is 7.99. The molecule has 21 heavy (non-hydrogen) atoms. The molecule has 0 unspecified atom stereocenters. The van der Waals surface area contributed by atoms with Gasteiger partial charge in [0, 0.05) is 17.7 Å². The van der Waals surface area contributed by atoms with E-state index < -0.39 is 5.97 Å². The first kappa shape index (κ1) is 16.0. The number of hydrogen-bond acceptors (Lipinski definition) is 6. The number of rotatable bonds is 8. The van der Waals surface area contributed by atoms with E-state index in [2.05, 4.69) is 10.3 Å². The van der Waals surface area contributed by atoms with Crippen LogP contribution in [0.1, 0.15) is 5.69 Å². The van der Waals surface area contributed by atoms with Crippen LogP contribution in [0, 0.1) is 0 Å². The lowest BCUT2D eigenvalue weighted by Crippen LogP contribution is -2.27. The summed E-state index contributed by atoms with van der Waals surface area (Å²) >= 11 is 4.45. The summed E-state index contributed by atoms with van der Waals surface area (Å²) in [6, 6.07) is 3.98. The van der Waals surface area contributed by atoms with Gasteiger partial charge in [-0.3, -0.25) is 9.59 Å². The summed E-state index contributed by atoms with van der Waals surface area (Å²) in [6.45, 7) is 0.471. The van der Waals surface area contributed by atoms with E-state index in [0.29, 0.717) is 12.3 Å². The number of aliphatic carboxylic acids is 1. The molecule has 0 aliphatic carbocycles. The van der Waals surface area contributed by atoms with Crippen LogP contribution in [0.2, 0.25) is 0 Å². The fourth-order valence-corrected chi connectivity index (χ4v) is 3.75. The van der Waals surface area contributed by atoms with Gasteiger partial charge < -0.3 is 10.4 Å². The molecule has 0 fully saturated rings. The second kappa shape index (κ2) is 8.16. The molecule has 5 nitrogen and oxygen atoms in total. The molecule has 0 aromatic carbocycles. The minimum absolute atomic E-state index is 0.0616. The summed E-state index contributed by atoms with van der Waals surface area (Å²) in [5.74, 6) is -0.273. The van der Waals surface area contributed by atoms with Crippen molar-refractivity contribution in [2.24, 2.45) is 0 Å². The number of thiophene rings is 1. The molecule has 0 radical (unpaired) electrons. The van der Waals surface area contributed by atoms with Crippen LogP contribution in [0.25, 0.3) is 9.88 Å². The number of nitrogens with zero attached hydrogens (tertiary/aromatic N) is 1. The highest BCUT2D eigenvalue weighted by Gasteiger charge is 2.09. The molecule has 2 aromatic heterocycles. The smallest absolute Gasteiger partial charge is 0.313 e. The van der Waals surface area contributed by atoms with Crippen molar-refractivity contribution in [2.75, 3.05) is 18.1 Å². The standard InChI is InChI=1S/C13H14N2O3S3/c16-11(14-3-5-19-8-12(17)18)6-9-7-21-13(15-9)10-2-1-4-20-10/h1-2,4,7H,3,5-6,8H2,(H,14,16)(H,17,18). The third kappa shape index (κ3) is 5.49. The molecule has 2 rings (SSSR count). The Morgan fingerprint density at radius 2 is 2.24 bits per heavy atom.